The van der Waals surface area contributed by atoms with E-state index in [-0.39, 0.29) is 11.7 Å². The maximum atomic E-state index is 13.8. The second-order valence-corrected chi connectivity index (χ2v) is 5.37. The molecule has 2 atom stereocenters. The van der Waals surface area contributed by atoms with Gasteiger partial charge in [-0.2, -0.15) is 0 Å². The van der Waals surface area contributed by atoms with Crippen LogP contribution in [0, 0.1) is 11.7 Å². The van der Waals surface area contributed by atoms with E-state index in [4.69, 9.17) is 14.2 Å². The van der Waals surface area contributed by atoms with Gasteiger partial charge in [-0.05, 0) is 30.5 Å². The number of esters is 1. The van der Waals surface area contributed by atoms with E-state index >= 15 is 0 Å². The molecule has 1 aromatic rings. The molecular weight excluding hydrogens is 263 g/mol. The Morgan fingerprint density at radius 1 is 1.35 bits per heavy atom. The molecule has 0 aromatic heterocycles. The summed E-state index contributed by atoms with van der Waals surface area (Å²) in [5, 5.41) is 0. The van der Waals surface area contributed by atoms with Gasteiger partial charge < -0.3 is 14.2 Å². The van der Waals surface area contributed by atoms with Crippen molar-refractivity contribution in [2.45, 2.75) is 32.0 Å². The van der Waals surface area contributed by atoms with E-state index in [1.807, 2.05) is 13.8 Å². The fraction of sp³-hybridized carbons (Fsp3) is 0.533. The minimum absolute atomic E-state index is 0.0925. The molecule has 2 rings (SSSR count). The van der Waals surface area contributed by atoms with Gasteiger partial charge in [-0.25, -0.2) is 9.18 Å². The maximum absolute atomic E-state index is 13.8. The molecule has 20 heavy (non-hydrogen) atoms. The molecule has 4 nitrogen and oxygen atoms in total. The molecule has 2 unspecified atom stereocenters. The van der Waals surface area contributed by atoms with Crippen LogP contribution in [-0.2, 0) is 19.9 Å². The predicted molar refractivity (Wildman–Crippen MR) is 71.0 cm³/mol. The van der Waals surface area contributed by atoms with Crippen molar-refractivity contribution < 1.29 is 23.4 Å². The summed E-state index contributed by atoms with van der Waals surface area (Å²) in [5.74, 6) is -0.855. The van der Waals surface area contributed by atoms with Crippen LogP contribution in [0.2, 0.25) is 0 Å². The molecule has 0 N–H and O–H groups in total. The van der Waals surface area contributed by atoms with Crippen molar-refractivity contribution in [3.05, 3.63) is 29.6 Å². The molecule has 1 aliphatic rings. The molecular formula is C15H19FO4. The minimum Gasteiger partial charge on any atom is -0.494 e. The standard InChI is InChI=1S/C15H19FO4/c1-9(2)15(13(17)19-5)14(3,20-15)10-6-7-12(18-4)11(16)8-10/h6-9H,1-5H3. The highest BCUT2D eigenvalue weighted by Crippen LogP contribution is 2.60. The number of ether oxygens (including phenoxy) is 3. The van der Waals surface area contributed by atoms with Gasteiger partial charge in [-0.3, -0.25) is 0 Å². The summed E-state index contributed by atoms with van der Waals surface area (Å²) in [6.07, 6.45) is 0. The summed E-state index contributed by atoms with van der Waals surface area (Å²) in [6, 6.07) is 4.57. The average molecular weight is 282 g/mol. The van der Waals surface area contributed by atoms with Gasteiger partial charge in [-0.1, -0.05) is 19.9 Å². The molecule has 1 heterocycles. The number of hydrogen-bond acceptors (Lipinski definition) is 4. The second kappa shape index (κ2) is 4.74. The second-order valence-electron chi connectivity index (χ2n) is 5.37. The zero-order valence-corrected chi connectivity index (χ0v) is 12.3. The largest absolute Gasteiger partial charge is 0.494 e. The van der Waals surface area contributed by atoms with E-state index < -0.39 is 23.0 Å². The summed E-state index contributed by atoms with van der Waals surface area (Å²) in [5.41, 5.74) is -1.36. The lowest BCUT2D eigenvalue weighted by Crippen LogP contribution is -2.37. The van der Waals surface area contributed by atoms with E-state index in [1.165, 1.54) is 26.4 Å². The van der Waals surface area contributed by atoms with E-state index in [9.17, 15) is 9.18 Å². The Morgan fingerprint density at radius 3 is 2.45 bits per heavy atom. The van der Waals surface area contributed by atoms with Crippen LogP contribution in [0.1, 0.15) is 26.3 Å². The van der Waals surface area contributed by atoms with E-state index in [0.29, 0.717) is 5.56 Å². The lowest BCUT2D eigenvalue weighted by Gasteiger charge is -2.19. The number of hydrogen-bond donors (Lipinski definition) is 0. The van der Waals surface area contributed by atoms with Gasteiger partial charge in [-0.15, -0.1) is 0 Å². The molecule has 1 fully saturated rings. The molecule has 0 saturated carbocycles. The number of epoxide rings is 1. The lowest BCUT2D eigenvalue weighted by molar-refractivity contribution is -0.148. The molecule has 110 valence electrons. The highest BCUT2D eigenvalue weighted by molar-refractivity contribution is 5.85. The third-order valence-electron chi connectivity index (χ3n) is 4.04. The van der Waals surface area contributed by atoms with Crippen LogP contribution in [-0.4, -0.2) is 25.8 Å². The fourth-order valence-corrected chi connectivity index (χ4v) is 2.83. The van der Waals surface area contributed by atoms with Gasteiger partial charge in [0.1, 0.15) is 5.60 Å². The monoisotopic (exact) mass is 282 g/mol. The first-order valence-corrected chi connectivity index (χ1v) is 6.46. The third kappa shape index (κ3) is 1.80. The van der Waals surface area contributed by atoms with Crippen LogP contribution in [0.3, 0.4) is 0 Å². The molecule has 0 aliphatic carbocycles. The van der Waals surface area contributed by atoms with Crippen LogP contribution in [0.5, 0.6) is 5.75 Å². The van der Waals surface area contributed by atoms with Gasteiger partial charge in [0, 0.05) is 0 Å². The molecule has 0 bridgehead atoms. The normalized spacial score (nSPS) is 28.4. The number of halogens is 1. The average Bonchev–Trinajstić information content (AvgIpc) is 3.07. The van der Waals surface area contributed by atoms with Gasteiger partial charge >= 0.3 is 5.97 Å². The molecule has 1 saturated heterocycles. The first-order valence-electron chi connectivity index (χ1n) is 6.46. The Hall–Kier alpha value is -1.62. The Kier molecular flexibility index (Phi) is 3.50. The third-order valence-corrected chi connectivity index (χ3v) is 4.04. The zero-order valence-electron chi connectivity index (χ0n) is 12.3. The summed E-state index contributed by atoms with van der Waals surface area (Å²) in [7, 11) is 2.73. The van der Waals surface area contributed by atoms with Crippen molar-refractivity contribution in [2.24, 2.45) is 5.92 Å². The zero-order chi connectivity index (χ0) is 15.1. The van der Waals surface area contributed by atoms with Gasteiger partial charge in [0.25, 0.3) is 0 Å². The summed E-state index contributed by atoms with van der Waals surface area (Å²) >= 11 is 0. The molecule has 1 aliphatic heterocycles. The Balaban J connectivity index is 2.43. The Labute approximate surface area is 117 Å². The van der Waals surface area contributed by atoms with Crippen LogP contribution >= 0.6 is 0 Å². The number of carbonyl (C=O) groups excluding carboxylic acids is 1. The van der Waals surface area contributed by atoms with Crippen LogP contribution < -0.4 is 4.74 Å². The fourth-order valence-electron chi connectivity index (χ4n) is 2.83. The highest BCUT2D eigenvalue weighted by Gasteiger charge is 2.75. The van der Waals surface area contributed by atoms with Crippen LogP contribution in [0.25, 0.3) is 0 Å². The van der Waals surface area contributed by atoms with Crippen molar-refractivity contribution in [3.63, 3.8) is 0 Å². The molecule has 1 aromatic carbocycles. The first kappa shape index (κ1) is 14.8. The molecule has 0 spiro atoms. The van der Waals surface area contributed by atoms with Crippen molar-refractivity contribution in [2.75, 3.05) is 14.2 Å². The lowest BCUT2D eigenvalue weighted by atomic mass is 9.80. The smallest absolute Gasteiger partial charge is 0.341 e. The first-order chi connectivity index (χ1) is 9.33. The SMILES string of the molecule is COC(=O)C1(C(C)C)OC1(C)c1ccc(OC)c(F)c1. The predicted octanol–water partition coefficient (Wildman–Crippen LogP) is 2.65. The van der Waals surface area contributed by atoms with Gasteiger partial charge in [0.05, 0.1) is 14.2 Å². The van der Waals surface area contributed by atoms with Crippen molar-refractivity contribution >= 4 is 5.97 Å². The number of rotatable bonds is 4. The van der Waals surface area contributed by atoms with Gasteiger partial charge in [0.15, 0.2) is 11.6 Å². The molecule has 0 radical (unpaired) electrons. The highest BCUT2D eigenvalue weighted by atomic mass is 19.1. The van der Waals surface area contributed by atoms with E-state index in [0.717, 1.165) is 0 Å². The summed E-state index contributed by atoms with van der Waals surface area (Å²) in [4.78, 5) is 12.1. The topological polar surface area (TPSA) is 48.1 Å². The van der Waals surface area contributed by atoms with Crippen molar-refractivity contribution in [1.29, 1.82) is 0 Å². The number of benzene rings is 1. The van der Waals surface area contributed by atoms with E-state index in [1.54, 1.807) is 13.0 Å². The van der Waals surface area contributed by atoms with Crippen molar-refractivity contribution in [1.82, 2.24) is 0 Å². The summed E-state index contributed by atoms with van der Waals surface area (Å²) in [6.45, 7) is 5.52. The minimum atomic E-state index is -1.07. The maximum Gasteiger partial charge on any atom is 0.341 e. The number of methoxy groups -OCH3 is 2. The Bertz CT molecular complexity index is 543. The molecule has 0 amide bonds. The van der Waals surface area contributed by atoms with Crippen LogP contribution in [0.4, 0.5) is 4.39 Å². The van der Waals surface area contributed by atoms with Gasteiger partial charge in [0.2, 0.25) is 5.60 Å². The van der Waals surface area contributed by atoms with E-state index in [2.05, 4.69) is 0 Å². The molecule has 5 heteroatoms. The Morgan fingerprint density at radius 2 is 2.00 bits per heavy atom. The summed E-state index contributed by atoms with van der Waals surface area (Å²) < 4.78 is 29.3. The quantitative estimate of drug-likeness (QED) is 0.629. The van der Waals surface area contributed by atoms with Crippen LogP contribution in [0.15, 0.2) is 18.2 Å². The van der Waals surface area contributed by atoms with Crippen molar-refractivity contribution in [3.8, 4) is 5.75 Å². The number of carbonyl (C=O) groups is 1.